The number of benzene rings is 2. The number of pyridine rings is 1. The van der Waals surface area contributed by atoms with Gasteiger partial charge in [-0.3, -0.25) is 14.5 Å². The molecule has 1 aromatic heterocycles. The molecule has 1 aliphatic heterocycles. The monoisotopic (exact) mass is 596 g/mol. The molecule has 0 aliphatic carbocycles. The van der Waals surface area contributed by atoms with E-state index in [0.717, 1.165) is 25.2 Å². The van der Waals surface area contributed by atoms with E-state index in [0.29, 0.717) is 24.3 Å². The molecule has 0 atom stereocenters. The third-order valence-electron chi connectivity index (χ3n) is 6.59. The van der Waals surface area contributed by atoms with E-state index in [-0.39, 0.29) is 39.8 Å². The standard InChI is InChI=1S/C30H28ClF3N6O2/c1-3-27(41)37-24-15-20(28(35)36-17-24)5-4-19-14-21(7-9-26(19)31)29(42)38-23-8-6-22(25(16-23)30(32,33)34)18-40-12-10-39(2)11-13-40/h3,6-9,14-17H,1,10-13,18H2,2H3,(H2,35,36)(H,37,41)(H,38,42). The van der Waals surface area contributed by atoms with E-state index in [9.17, 15) is 22.8 Å². The van der Waals surface area contributed by atoms with Gasteiger partial charge >= 0.3 is 6.18 Å². The van der Waals surface area contributed by atoms with Gasteiger partial charge in [-0.2, -0.15) is 13.2 Å². The zero-order chi connectivity index (χ0) is 30.4. The molecule has 3 aromatic rings. The lowest BCUT2D eigenvalue weighted by molar-refractivity contribution is -0.138. The van der Waals surface area contributed by atoms with Gasteiger partial charge in [-0.25, -0.2) is 4.98 Å². The van der Waals surface area contributed by atoms with Crippen molar-refractivity contribution in [3.05, 3.63) is 94.2 Å². The molecule has 42 heavy (non-hydrogen) atoms. The van der Waals surface area contributed by atoms with Crippen LogP contribution in [0.25, 0.3) is 0 Å². The van der Waals surface area contributed by atoms with Crippen molar-refractivity contribution in [3.63, 3.8) is 0 Å². The third kappa shape index (κ3) is 7.88. The summed E-state index contributed by atoms with van der Waals surface area (Å²) in [5, 5.41) is 5.34. The van der Waals surface area contributed by atoms with Crippen molar-refractivity contribution in [2.24, 2.45) is 0 Å². The Hall–Kier alpha value is -4.37. The van der Waals surface area contributed by atoms with E-state index < -0.39 is 23.6 Å². The lowest BCUT2D eigenvalue weighted by Gasteiger charge is -2.33. The first kappa shape index (κ1) is 30.6. The van der Waals surface area contributed by atoms with E-state index in [2.05, 4.69) is 38.9 Å². The molecule has 2 amide bonds. The molecule has 218 valence electrons. The van der Waals surface area contributed by atoms with Gasteiger partial charge in [-0.05, 0) is 55.1 Å². The van der Waals surface area contributed by atoms with Gasteiger partial charge in [0, 0.05) is 49.5 Å². The number of hydrogen-bond donors (Lipinski definition) is 3. The molecular formula is C30H28ClF3N6O2. The highest BCUT2D eigenvalue weighted by molar-refractivity contribution is 6.32. The molecule has 2 heterocycles. The SMILES string of the molecule is C=CC(=O)Nc1cnc(N)c(C#Cc2cc(C(=O)Nc3ccc(CN4CCN(C)CC4)c(C(F)(F)F)c3)ccc2Cl)c1. The summed E-state index contributed by atoms with van der Waals surface area (Å²) in [6.45, 7) is 6.48. The average Bonchev–Trinajstić information content (AvgIpc) is 2.95. The summed E-state index contributed by atoms with van der Waals surface area (Å²) in [5.41, 5.74) is 6.34. The van der Waals surface area contributed by atoms with Crippen LogP contribution in [-0.2, 0) is 17.5 Å². The summed E-state index contributed by atoms with van der Waals surface area (Å²) in [5.74, 6) is 4.69. The molecule has 2 aromatic carbocycles. The summed E-state index contributed by atoms with van der Waals surface area (Å²) in [7, 11) is 1.98. The second kappa shape index (κ2) is 13.1. The van der Waals surface area contributed by atoms with Crippen molar-refractivity contribution in [2.75, 3.05) is 49.6 Å². The summed E-state index contributed by atoms with van der Waals surface area (Å²) >= 11 is 6.28. The smallest absolute Gasteiger partial charge is 0.383 e. The molecule has 0 unspecified atom stereocenters. The zero-order valence-electron chi connectivity index (χ0n) is 22.7. The Morgan fingerprint density at radius 2 is 1.76 bits per heavy atom. The number of anilines is 3. The number of amides is 2. The maximum absolute atomic E-state index is 14.0. The number of rotatable bonds is 6. The van der Waals surface area contributed by atoms with Crippen LogP contribution in [0.2, 0.25) is 5.02 Å². The Morgan fingerprint density at radius 3 is 2.45 bits per heavy atom. The average molecular weight is 597 g/mol. The second-order valence-corrected chi connectivity index (χ2v) is 10.1. The van der Waals surface area contributed by atoms with Gasteiger partial charge in [0.2, 0.25) is 5.91 Å². The molecule has 1 aliphatic rings. The molecular weight excluding hydrogens is 569 g/mol. The molecule has 4 N–H and O–H groups in total. The predicted octanol–water partition coefficient (Wildman–Crippen LogP) is 4.86. The minimum atomic E-state index is -4.59. The van der Waals surface area contributed by atoms with E-state index in [1.165, 1.54) is 42.6 Å². The zero-order valence-corrected chi connectivity index (χ0v) is 23.4. The van der Waals surface area contributed by atoms with Gasteiger partial charge in [-0.15, -0.1) is 0 Å². The fourth-order valence-electron chi connectivity index (χ4n) is 4.24. The Morgan fingerprint density at radius 1 is 1.05 bits per heavy atom. The van der Waals surface area contributed by atoms with Crippen LogP contribution in [-0.4, -0.2) is 59.8 Å². The number of nitrogens with one attached hydrogen (secondary N) is 2. The Bertz CT molecular complexity index is 1570. The molecule has 0 saturated carbocycles. The first-order chi connectivity index (χ1) is 19.9. The van der Waals surface area contributed by atoms with E-state index >= 15 is 0 Å². The topological polar surface area (TPSA) is 104 Å². The third-order valence-corrected chi connectivity index (χ3v) is 6.92. The second-order valence-electron chi connectivity index (χ2n) is 9.70. The van der Waals surface area contributed by atoms with Crippen molar-refractivity contribution in [1.82, 2.24) is 14.8 Å². The van der Waals surface area contributed by atoms with Crippen LogP contribution in [0.5, 0.6) is 0 Å². The van der Waals surface area contributed by atoms with Crippen molar-refractivity contribution >= 4 is 40.6 Å². The maximum Gasteiger partial charge on any atom is 0.416 e. The number of nitrogens with two attached hydrogens (primary N) is 1. The highest BCUT2D eigenvalue weighted by Gasteiger charge is 2.34. The summed E-state index contributed by atoms with van der Waals surface area (Å²) < 4.78 is 41.9. The quantitative estimate of drug-likeness (QED) is 0.277. The largest absolute Gasteiger partial charge is 0.416 e. The molecule has 4 rings (SSSR count). The van der Waals surface area contributed by atoms with E-state index in [1.807, 2.05) is 11.9 Å². The fraction of sp³-hybridized carbons (Fsp3) is 0.233. The van der Waals surface area contributed by atoms with Gasteiger partial charge < -0.3 is 21.3 Å². The maximum atomic E-state index is 14.0. The number of likely N-dealkylation sites (N-methyl/N-ethyl adjacent to an activating group) is 1. The van der Waals surface area contributed by atoms with Crippen LogP contribution in [0, 0.1) is 11.8 Å². The molecule has 8 nitrogen and oxygen atoms in total. The summed E-state index contributed by atoms with van der Waals surface area (Å²) in [6, 6.07) is 9.66. The van der Waals surface area contributed by atoms with Gasteiger partial charge in [-0.1, -0.05) is 36.1 Å². The summed E-state index contributed by atoms with van der Waals surface area (Å²) in [4.78, 5) is 32.7. The lowest BCUT2D eigenvalue weighted by atomic mass is 10.0. The number of hydrogen-bond acceptors (Lipinski definition) is 6. The number of carbonyl (C=O) groups is 2. The van der Waals surface area contributed by atoms with E-state index in [1.54, 1.807) is 0 Å². The molecule has 0 spiro atoms. The van der Waals surface area contributed by atoms with Crippen molar-refractivity contribution in [1.29, 1.82) is 0 Å². The van der Waals surface area contributed by atoms with Crippen molar-refractivity contribution < 1.29 is 22.8 Å². The highest BCUT2D eigenvalue weighted by Crippen LogP contribution is 2.35. The van der Waals surface area contributed by atoms with Crippen LogP contribution < -0.4 is 16.4 Å². The Labute approximate surface area is 246 Å². The lowest BCUT2D eigenvalue weighted by Crippen LogP contribution is -2.44. The molecule has 0 radical (unpaired) electrons. The Kier molecular flexibility index (Phi) is 9.52. The highest BCUT2D eigenvalue weighted by atomic mass is 35.5. The van der Waals surface area contributed by atoms with E-state index in [4.69, 9.17) is 17.3 Å². The van der Waals surface area contributed by atoms with Gasteiger partial charge in [0.1, 0.15) is 5.82 Å². The minimum Gasteiger partial charge on any atom is -0.383 e. The van der Waals surface area contributed by atoms with Crippen LogP contribution in [0.3, 0.4) is 0 Å². The molecule has 1 fully saturated rings. The predicted molar refractivity (Wildman–Crippen MR) is 157 cm³/mol. The first-order valence-electron chi connectivity index (χ1n) is 12.9. The molecule has 12 heteroatoms. The number of alkyl halides is 3. The number of piperazine rings is 1. The fourth-order valence-corrected chi connectivity index (χ4v) is 4.41. The molecule has 0 bridgehead atoms. The summed E-state index contributed by atoms with van der Waals surface area (Å²) in [6.07, 6.45) is -2.12. The number of nitrogens with zero attached hydrogens (tertiary/aromatic N) is 3. The van der Waals surface area contributed by atoms with Crippen LogP contribution in [0.4, 0.5) is 30.4 Å². The molecule has 1 saturated heterocycles. The van der Waals surface area contributed by atoms with Crippen LogP contribution >= 0.6 is 11.6 Å². The number of halogens is 4. The van der Waals surface area contributed by atoms with Crippen LogP contribution in [0.1, 0.15) is 32.6 Å². The van der Waals surface area contributed by atoms with Gasteiger partial charge in [0.05, 0.1) is 28.0 Å². The number of carbonyl (C=O) groups excluding carboxylic acids is 2. The normalized spacial score (nSPS) is 14.0. The van der Waals surface area contributed by atoms with Crippen molar-refractivity contribution in [2.45, 2.75) is 12.7 Å². The van der Waals surface area contributed by atoms with Crippen LogP contribution in [0.15, 0.2) is 61.3 Å². The Balaban J connectivity index is 1.53. The first-order valence-corrected chi connectivity index (χ1v) is 13.2. The number of nitrogen functional groups attached to an aromatic ring is 1. The van der Waals surface area contributed by atoms with Gasteiger partial charge in [0.25, 0.3) is 5.91 Å². The number of aromatic nitrogens is 1. The van der Waals surface area contributed by atoms with Crippen molar-refractivity contribution in [3.8, 4) is 11.8 Å². The minimum absolute atomic E-state index is 0.00858. The van der Waals surface area contributed by atoms with Gasteiger partial charge in [0.15, 0.2) is 0 Å².